The van der Waals surface area contributed by atoms with Gasteiger partial charge in [0.15, 0.2) is 0 Å². The molecule has 2 aromatic carbocycles. The van der Waals surface area contributed by atoms with Crippen LogP contribution in [0.2, 0.25) is 0 Å². The molecule has 0 unspecified atom stereocenters. The second-order valence-electron chi connectivity index (χ2n) is 10.7. The summed E-state index contributed by atoms with van der Waals surface area (Å²) in [7, 11) is 2.17. The number of carbonyl (C=O) groups is 2. The SMILES string of the molecule is CN1CCN(CCCOc2ccc(-c3csc(CNC(=O)C4(CC(=O)O)Cc5ccccc5C4)n3)cc2)CC1. The molecule has 1 saturated heterocycles. The monoisotopic (exact) mass is 548 g/mol. The van der Waals surface area contributed by atoms with E-state index < -0.39 is 11.4 Å². The van der Waals surface area contributed by atoms with Crippen LogP contribution in [0.25, 0.3) is 11.3 Å². The van der Waals surface area contributed by atoms with Gasteiger partial charge in [-0.15, -0.1) is 11.3 Å². The molecule has 0 bridgehead atoms. The molecule has 206 valence electrons. The van der Waals surface area contributed by atoms with Gasteiger partial charge in [-0.25, -0.2) is 4.98 Å². The van der Waals surface area contributed by atoms with E-state index >= 15 is 0 Å². The Kier molecular flexibility index (Phi) is 8.60. The summed E-state index contributed by atoms with van der Waals surface area (Å²) < 4.78 is 5.94. The lowest BCUT2D eigenvalue weighted by Gasteiger charge is -2.32. The number of aromatic nitrogens is 1. The first-order valence-electron chi connectivity index (χ1n) is 13.6. The van der Waals surface area contributed by atoms with E-state index in [4.69, 9.17) is 9.72 Å². The molecule has 0 atom stereocenters. The van der Waals surface area contributed by atoms with Crippen LogP contribution in [0.5, 0.6) is 5.75 Å². The minimum atomic E-state index is -0.962. The van der Waals surface area contributed by atoms with Gasteiger partial charge in [-0.3, -0.25) is 9.59 Å². The van der Waals surface area contributed by atoms with Crippen molar-refractivity contribution in [2.24, 2.45) is 5.41 Å². The standard InChI is InChI=1S/C30H36N4O4S/c1-33-12-14-34(15-13-33)11-4-16-38-25-9-7-22(8-10-25)26-21-39-27(32-26)20-31-29(37)30(19-28(35)36)17-23-5-2-3-6-24(23)18-30/h2-3,5-10,21H,4,11-20H2,1H3,(H,31,37)(H,35,36). The quantitative estimate of drug-likeness (QED) is 0.353. The molecule has 8 nitrogen and oxygen atoms in total. The van der Waals surface area contributed by atoms with Crippen molar-refractivity contribution in [3.05, 3.63) is 70.0 Å². The number of ether oxygens (including phenoxy) is 1. The molecule has 2 heterocycles. The number of carbonyl (C=O) groups excluding carboxylic acids is 1. The maximum Gasteiger partial charge on any atom is 0.304 e. The third kappa shape index (κ3) is 6.84. The average Bonchev–Trinajstić information content (AvgIpc) is 3.56. The van der Waals surface area contributed by atoms with E-state index in [9.17, 15) is 14.7 Å². The third-order valence-electron chi connectivity index (χ3n) is 7.73. The Morgan fingerprint density at radius 2 is 1.74 bits per heavy atom. The first kappa shape index (κ1) is 27.3. The minimum absolute atomic E-state index is 0.194. The van der Waals surface area contributed by atoms with E-state index in [1.807, 2.05) is 53.9 Å². The number of rotatable bonds is 11. The fourth-order valence-corrected chi connectivity index (χ4v) is 6.23. The van der Waals surface area contributed by atoms with E-state index in [1.165, 1.54) is 11.3 Å². The highest BCUT2D eigenvalue weighted by atomic mass is 32.1. The Hall–Kier alpha value is -3.27. The van der Waals surface area contributed by atoms with Crippen LogP contribution in [0.4, 0.5) is 0 Å². The van der Waals surface area contributed by atoms with Gasteiger partial charge in [0.2, 0.25) is 5.91 Å². The maximum absolute atomic E-state index is 13.3. The van der Waals surface area contributed by atoms with Crippen molar-refractivity contribution in [3.8, 4) is 17.0 Å². The largest absolute Gasteiger partial charge is 0.494 e. The molecule has 0 saturated carbocycles. The number of aliphatic carboxylic acids is 1. The summed E-state index contributed by atoms with van der Waals surface area (Å²) in [6.07, 6.45) is 1.69. The molecule has 1 aromatic heterocycles. The molecular formula is C30H36N4O4S. The van der Waals surface area contributed by atoms with Crippen molar-refractivity contribution >= 4 is 23.2 Å². The molecule has 2 N–H and O–H groups in total. The highest BCUT2D eigenvalue weighted by Crippen LogP contribution is 2.40. The number of benzene rings is 2. The number of carboxylic acids is 1. The lowest BCUT2D eigenvalue weighted by atomic mass is 9.80. The third-order valence-corrected chi connectivity index (χ3v) is 8.58. The van der Waals surface area contributed by atoms with Crippen molar-refractivity contribution in [1.29, 1.82) is 0 Å². The predicted octanol–water partition coefficient (Wildman–Crippen LogP) is 3.70. The first-order valence-corrected chi connectivity index (χ1v) is 14.4. The zero-order chi connectivity index (χ0) is 27.2. The highest BCUT2D eigenvalue weighted by Gasteiger charge is 2.45. The summed E-state index contributed by atoms with van der Waals surface area (Å²) in [5.41, 5.74) is 2.97. The van der Waals surface area contributed by atoms with Crippen molar-refractivity contribution in [2.45, 2.75) is 32.2 Å². The van der Waals surface area contributed by atoms with Gasteiger partial charge < -0.3 is 25.0 Å². The van der Waals surface area contributed by atoms with Crippen LogP contribution >= 0.6 is 11.3 Å². The van der Waals surface area contributed by atoms with Gasteiger partial charge in [0.05, 0.1) is 30.7 Å². The fraction of sp³-hybridized carbons (Fsp3) is 0.433. The molecular weight excluding hydrogens is 512 g/mol. The zero-order valence-corrected chi connectivity index (χ0v) is 23.2. The molecule has 39 heavy (non-hydrogen) atoms. The Morgan fingerprint density at radius 3 is 2.41 bits per heavy atom. The van der Waals surface area contributed by atoms with Crippen LogP contribution < -0.4 is 10.1 Å². The molecule has 1 amide bonds. The van der Waals surface area contributed by atoms with Crippen LogP contribution in [-0.2, 0) is 29.0 Å². The zero-order valence-electron chi connectivity index (χ0n) is 22.4. The van der Waals surface area contributed by atoms with E-state index in [1.54, 1.807) is 0 Å². The summed E-state index contributed by atoms with van der Waals surface area (Å²) in [6.45, 7) is 6.55. The van der Waals surface area contributed by atoms with Gasteiger partial charge >= 0.3 is 5.97 Å². The summed E-state index contributed by atoms with van der Waals surface area (Å²) in [4.78, 5) is 34.4. The van der Waals surface area contributed by atoms with Crippen molar-refractivity contribution in [3.63, 3.8) is 0 Å². The number of nitrogens with zero attached hydrogens (tertiary/aromatic N) is 3. The Bertz CT molecular complexity index is 1260. The topological polar surface area (TPSA) is 95.0 Å². The molecule has 1 aliphatic heterocycles. The molecule has 0 spiro atoms. The van der Waals surface area contributed by atoms with Crippen LogP contribution in [0.1, 0.15) is 29.0 Å². The van der Waals surface area contributed by atoms with Gasteiger partial charge in [0, 0.05) is 43.7 Å². The van der Waals surface area contributed by atoms with Gasteiger partial charge in [-0.2, -0.15) is 0 Å². The van der Waals surface area contributed by atoms with Crippen LogP contribution in [0.3, 0.4) is 0 Å². The van der Waals surface area contributed by atoms with Gasteiger partial charge in [0.1, 0.15) is 10.8 Å². The van der Waals surface area contributed by atoms with E-state index in [-0.39, 0.29) is 18.9 Å². The highest BCUT2D eigenvalue weighted by molar-refractivity contribution is 7.09. The normalized spacial score (nSPS) is 17.1. The van der Waals surface area contributed by atoms with E-state index in [0.717, 1.165) is 72.3 Å². The van der Waals surface area contributed by atoms with Gasteiger partial charge in [-0.1, -0.05) is 24.3 Å². The van der Waals surface area contributed by atoms with Crippen molar-refractivity contribution < 1.29 is 19.4 Å². The predicted molar refractivity (Wildman–Crippen MR) is 152 cm³/mol. The lowest BCUT2D eigenvalue weighted by molar-refractivity contribution is -0.145. The second-order valence-corrected chi connectivity index (χ2v) is 11.6. The summed E-state index contributed by atoms with van der Waals surface area (Å²) in [5.74, 6) is -0.343. The van der Waals surface area contributed by atoms with Crippen LogP contribution in [0, 0.1) is 5.41 Å². The second kappa shape index (κ2) is 12.3. The molecule has 1 aliphatic carbocycles. The number of fused-ring (bicyclic) bond motifs is 1. The number of likely N-dealkylation sites (N-methyl/N-ethyl adjacent to an activating group) is 1. The molecule has 3 aromatic rings. The lowest BCUT2D eigenvalue weighted by Crippen LogP contribution is -2.44. The fourth-order valence-electron chi connectivity index (χ4n) is 5.49. The van der Waals surface area contributed by atoms with Gasteiger partial charge in [-0.05, 0) is 61.7 Å². The number of piperazine rings is 1. The average molecular weight is 549 g/mol. The van der Waals surface area contributed by atoms with E-state index in [2.05, 4.69) is 22.2 Å². The Morgan fingerprint density at radius 1 is 1.05 bits per heavy atom. The number of nitrogens with one attached hydrogen (secondary N) is 1. The number of hydrogen-bond acceptors (Lipinski definition) is 7. The number of hydrogen-bond donors (Lipinski definition) is 2. The van der Waals surface area contributed by atoms with Gasteiger partial charge in [0.25, 0.3) is 0 Å². The first-order chi connectivity index (χ1) is 18.9. The molecule has 5 rings (SSSR count). The number of carboxylic acid groups (broad SMARTS) is 1. The van der Waals surface area contributed by atoms with E-state index in [0.29, 0.717) is 19.4 Å². The van der Waals surface area contributed by atoms with Crippen LogP contribution in [-0.4, -0.2) is 78.1 Å². The maximum atomic E-state index is 13.3. The molecule has 1 fully saturated rings. The summed E-state index contributed by atoms with van der Waals surface area (Å²) >= 11 is 1.48. The Labute approximate surface area is 233 Å². The summed E-state index contributed by atoms with van der Waals surface area (Å²) in [5, 5.41) is 15.3. The summed E-state index contributed by atoms with van der Waals surface area (Å²) in [6, 6.07) is 15.8. The van der Waals surface area contributed by atoms with Crippen molar-refractivity contribution in [1.82, 2.24) is 20.1 Å². The Balaban J connectivity index is 1.11. The molecule has 0 radical (unpaired) electrons. The molecule has 2 aliphatic rings. The van der Waals surface area contributed by atoms with Crippen molar-refractivity contribution in [2.75, 3.05) is 46.4 Å². The molecule has 9 heteroatoms. The van der Waals surface area contributed by atoms with Crippen LogP contribution in [0.15, 0.2) is 53.9 Å². The number of thiazole rings is 1. The smallest absolute Gasteiger partial charge is 0.304 e. The minimum Gasteiger partial charge on any atom is -0.494 e. The number of amides is 1.